The molecule has 3 aromatic heterocycles. The van der Waals surface area contributed by atoms with Gasteiger partial charge in [0.05, 0.1) is 18.1 Å². The van der Waals surface area contributed by atoms with Gasteiger partial charge in [0, 0.05) is 50.4 Å². The molecule has 1 fully saturated rings. The summed E-state index contributed by atoms with van der Waals surface area (Å²) < 4.78 is 9.76. The molecule has 2 unspecified atom stereocenters. The number of ether oxygens (including phenoxy) is 1. The Labute approximate surface area is 201 Å². The largest absolute Gasteiger partial charge is 0.444 e. The number of halogens is 1. The minimum Gasteiger partial charge on any atom is -0.444 e. The van der Waals surface area contributed by atoms with Gasteiger partial charge >= 0.3 is 6.09 Å². The van der Waals surface area contributed by atoms with Gasteiger partial charge in [-0.3, -0.25) is 0 Å². The zero-order valence-electron chi connectivity index (χ0n) is 19.1. The van der Waals surface area contributed by atoms with Crippen molar-refractivity contribution < 1.29 is 9.53 Å². The van der Waals surface area contributed by atoms with E-state index in [1.807, 2.05) is 44.0 Å². The molecular formula is C20H28ClN9O2S. The number of thiazole rings is 1. The number of hydrogen-bond donors (Lipinski definition) is 1. The quantitative estimate of drug-likeness (QED) is 0.534. The number of hydrogen-bond acceptors (Lipinski definition) is 9. The van der Waals surface area contributed by atoms with Crippen LogP contribution in [-0.4, -0.2) is 71.0 Å². The third-order valence-electron chi connectivity index (χ3n) is 5.37. The van der Waals surface area contributed by atoms with Gasteiger partial charge in [-0.2, -0.15) is 0 Å². The maximum Gasteiger partial charge on any atom is 0.410 e. The monoisotopic (exact) mass is 493 g/mol. The van der Waals surface area contributed by atoms with Crippen LogP contribution in [-0.2, 0) is 18.2 Å². The van der Waals surface area contributed by atoms with E-state index in [1.165, 1.54) is 11.3 Å². The molecule has 33 heavy (non-hydrogen) atoms. The molecule has 1 amide bonds. The standard InChI is InChI=1S/C20H28ClN9O2S/c1-20(2,3)32-19(31)29-8-6-14(10-29)30-17(25-26-27-30)16(15-11-33-18(21)24-15)23-7-5-13-9-22-12-28(13)4/h9,11-12,14,16,23H,5-8,10H2,1-4H3. The zero-order valence-corrected chi connectivity index (χ0v) is 20.7. The van der Waals surface area contributed by atoms with Gasteiger partial charge in [0.25, 0.3) is 0 Å². The van der Waals surface area contributed by atoms with Crippen molar-refractivity contribution in [2.24, 2.45) is 7.05 Å². The van der Waals surface area contributed by atoms with Crippen LogP contribution in [0.25, 0.3) is 0 Å². The van der Waals surface area contributed by atoms with E-state index in [1.54, 1.807) is 15.9 Å². The van der Waals surface area contributed by atoms with Crippen LogP contribution in [0.5, 0.6) is 0 Å². The molecule has 1 N–H and O–H groups in total. The fraction of sp³-hybridized carbons (Fsp3) is 0.600. The predicted molar refractivity (Wildman–Crippen MR) is 123 cm³/mol. The number of imidazole rings is 1. The molecule has 0 spiro atoms. The molecule has 178 valence electrons. The Morgan fingerprint density at radius 1 is 1.42 bits per heavy atom. The van der Waals surface area contributed by atoms with Crippen molar-refractivity contribution >= 4 is 29.0 Å². The van der Waals surface area contributed by atoms with E-state index in [4.69, 9.17) is 16.3 Å². The molecule has 0 radical (unpaired) electrons. The highest BCUT2D eigenvalue weighted by Gasteiger charge is 2.34. The molecule has 0 saturated carbocycles. The molecule has 0 aromatic carbocycles. The second kappa shape index (κ2) is 9.74. The van der Waals surface area contributed by atoms with Crippen LogP contribution in [0, 0.1) is 0 Å². The molecule has 1 aliphatic rings. The summed E-state index contributed by atoms with van der Waals surface area (Å²) in [5, 5.41) is 17.9. The van der Waals surface area contributed by atoms with E-state index in [0.717, 1.165) is 24.2 Å². The first-order chi connectivity index (χ1) is 15.7. The van der Waals surface area contributed by atoms with Gasteiger partial charge < -0.3 is 19.5 Å². The third kappa shape index (κ3) is 5.68. The van der Waals surface area contributed by atoms with Gasteiger partial charge in [0.15, 0.2) is 10.3 Å². The van der Waals surface area contributed by atoms with Crippen LogP contribution in [0.1, 0.15) is 56.5 Å². The number of amides is 1. The Balaban J connectivity index is 1.50. The number of nitrogens with zero attached hydrogens (tertiary/aromatic N) is 8. The highest BCUT2D eigenvalue weighted by atomic mass is 35.5. The molecule has 0 bridgehead atoms. The molecule has 4 rings (SSSR count). The van der Waals surface area contributed by atoms with Crippen molar-refractivity contribution in [3.05, 3.63) is 39.6 Å². The van der Waals surface area contributed by atoms with Crippen molar-refractivity contribution in [1.82, 2.24) is 45.0 Å². The first kappa shape index (κ1) is 23.6. The highest BCUT2D eigenvalue weighted by molar-refractivity contribution is 7.13. The van der Waals surface area contributed by atoms with Gasteiger partial charge in [-0.05, 0) is 37.6 Å². The van der Waals surface area contributed by atoms with Crippen LogP contribution in [0.3, 0.4) is 0 Å². The molecule has 11 nitrogen and oxygen atoms in total. The van der Waals surface area contributed by atoms with Crippen LogP contribution < -0.4 is 5.32 Å². The lowest BCUT2D eigenvalue weighted by Gasteiger charge is -2.24. The molecule has 13 heteroatoms. The lowest BCUT2D eigenvalue weighted by molar-refractivity contribution is 0.0288. The maximum absolute atomic E-state index is 12.5. The fourth-order valence-corrected chi connectivity index (χ4v) is 4.57. The van der Waals surface area contributed by atoms with Crippen molar-refractivity contribution in [3.63, 3.8) is 0 Å². The topological polar surface area (TPSA) is 116 Å². The lowest BCUT2D eigenvalue weighted by atomic mass is 10.1. The van der Waals surface area contributed by atoms with Gasteiger partial charge in [-0.15, -0.1) is 16.4 Å². The van der Waals surface area contributed by atoms with Gasteiger partial charge in [0.1, 0.15) is 11.6 Å². The van der Waals surface area contributed by atoms with E-state index in [9.17, 15) is 4.79 Å². The molecule has 1 saturated heterocycles. The Bertz CT molecular complexity index is 1090. The number of nitrogens with one attached hydrogen (secondary N) is 1. The summed E-state index contributed by atoms with van der Waals surface area (Å²) in [4.78, 5) is 22.8. The van der Waals surface area contributed by atoms with Crippen LogP contribution in [0.15, 0.2) is 17.9 Å². The number of carbonyl (C=O) groups is 1. The maximum atomic E-state index is 12.5. The Hall–Kier alpha value is -2.57. The lowest BCUT2D eigenvalue weighted by Crippen LogP contribution is -2.36. The van der Waals surface area contributed by atoms with Crippen molar-refractivity contribution in [2.75, 3.05) is 19.6 Å². The van der Waals surface area contributed by atoms with Gasteiger partial charge in [-0.25, -0.2) is 19.4 Å². The molecule has 2 atom stereocenters. The predicted octanol–water partition coefficient (Wildman–Crippen LogP) is 2.62. The molecule has 0 aliphatic carbocycles. The first-order valence-corrected chi connectivity index (χ1v) is 12.0. The number of rotatable bonds is 7. The van der Waals surface area contributed by atoms with Gasteiger partial charge in [0.2, 0.25) is 0 Å². The summed E-state index contributed by atoms with van der Waals surface area (Å²) in [5.41, 5.74) is 1.33. The highest BCUT2D eigenvalue weighted by Crippen LogP contribution is 2.29. The Kier molecular flexibility index (Phi) is 6.96. The van der Waals surface area contributed by atoms with Crippen LogP contribution in [0.4, 0.5) is 4.79 Å². The van der Waals surface area contributed by atoms with Crippen LogP contribution in [0.2, 0.25) is 4.47 Å². The first-order valence-electron chi connectivity index (χ1n) is 10.8. The third-order valence-corrected chi connectivity index (χ3v) is 6.37. The molecular weight excluding hydrogens is 466 g/mol. The van der Waals surface area contributed by atoms with Crippen molar-refractivity contribution in [3.8, 4) is 0 Å². The average molecular weight is 494 g/mol. The SMILES string of the molecule is Cn1cncc1CCNC(c1csc(Cl)n1)c1nnnn1C1CCN(C(=O)OC(C)(C)C)C1. The summed E-state index contributed by atoms with van der Waals surface area (Å²) in [6.45, 7) is 7.31. The average Bonchev–Trinajstić information content (AvgIpc) is 3.52. The number of aromatic nitrogens is 7. The number of carbonyl (C=O) groups excluding carboxylic acids is 1. The number of tetrazole rings is 1. The van der Waals surface area contributed by atoms with Crippen molar-refractivity contribution in [2.45, 2.75) is 51.3 Å². The van der Waals surface area contributed by atoms with E-state index in [0.29, 0.717) is 29.9 Å². The van der Waals surface area contributed by atoms with Gasteiger partial charge in [-0.1, -0.05) is 11.6 Å². The minimum absolute atomic E-state index is 0.0574. The summed E-state index contributed by atoms with van der Waals surface area (Å²) in [5.74, 6) is 0.637. The second-order valence-electron chi connectivity index (χ2n) is 9.01. The molecule has 1 aliphatic heterocycles. The smallest absolute Gasteiger partial charge is 0.410 e. The summed E-state index contributed by atoms with van der Waals surface area (Å²) in [6, 6.07) is -0.398. The summed E-state index contributed by atoms with van der Waals surface area (Å²) in [7, 11) is 1.97. The van der Waals surface area contributed by atoms with E-state index in [2.05, 4.69) is 30.8 Å². The van der Waals surface area contributed by atoms with Crippen LogP contribution >= 0.6 is 22.9 Å². The second-order valence-corrected chi connectivity index (χ2v) is 10.4. The van der Waals surface area contributed by atoms with E-state index >= 15 is 0 Å². The van der Waals surface area contributed by atoms with Crippen molar-refractivity contribution in [1.29, 1.82) is 0 Å². The fourth-order valence-electron chi connectivity index (χ4n) is 3.78. The molecule has 3 aromatic rings. The Morgan fingerprint density at radius 2 is 2.24 bits per heavy atom. The minimum atomic E-state index is -0.540. The zero-order chi connectivity index (χ0) is 23.6. The normalized spacial score (nSPS) is 17.5. The number of likely N-dealkylation sites (tertiary alicyclic amines) is 1. The summed E-state index contributed by atoms with van der Waals surface area (Å²) >= 11 is 7.49. The van der Waals surface area contributed by atoms with E-state index in [-0.39, 0.29) is 18.2 Å². The molecule has 4 heterocycles. The number of aryl methyl sites for hydroxylation is 1. The Morgan fingerprint density at radius 3 is 2.91 bits per heavy atom. The van der Waals surface area contributed by atoms with E-state index < -0.39 is 5.60 Å². The summed E-state index contributed by atoms with van der Waals surface area (Å²) in [6.07, 6.45) is 4.82.